The van der Waals surface area contributed by atoms with Crippen molar-refractivity contribution >= 4 is 43.7 Å². The minimum Gasteiger partial charge on any atom is -0.255 e. The summed E-state index contributed by atoms with van der Waals surface area (Å²) in [6.45, 7) is 0. The number of aromatic nitrogens is 4. The maximum absolute atomic E-state index is 5.06. The Bertz CT molecular complexity index is 2120. The summed E-state index contributed by atoms with van der Waals surface area (Å²) in [5, 5.41) is 10.7. The van der Waals surface area contributed by atoms with Gasteiger partial charge in [0.2, 0.25) is 0 Å². The van der Waals surface area contributed by atoms with Crippen LogP contribution in [-0.2, 0) is 0 Å². The van der Waals surface area contributed by atoms with Gasteiger partial charge in [0, 0.05) is 17.1 Å². The van der Waals surface area contributed by atoms with Gasteiger partial charge in [0.25, 0.3) is 0 Å². The molecule has 4 aromatic carbocycles. The molecule has 0 aliphatic rings. The number of pyridine rings is 3. The number of hydrogen-bond donors (Lipinski definition) is 0. The molecule has 0 saturated heterocycles. The van der Waals surface area contributed by atoms with E-state index in [0.717, 1.165) is 44.7 Å². The lowest BCUT2D eigenvalue weighted by Crippen LogP contribution is -1.93. The SMILES string of the molecule is c1ccc(-c2cccc(-c3cccc(-c4nc(-c5ccc6ccc7cccc8ccc5c6c78)cs4)n3)n2)nc1. The Labute approximate surface area is 228 Å². The molecule has 0 atom stereocenters. The number of nitrogens with zero attached hydrogens (tertiary/aromatic N) is 4. The van der Waals surface area contributed by atoms with Crippen LogP contribution in [0.15, 0.2) is 121 Å². The zero-order chi connectivity index (χ0) is 25.8. The molecule has 0 aliphatic heterocycles. The van der Waals surface area contributed by atoms with Gasteiger partial charge in [-0.15, -0.1) is 11.3 Å². The summed E-state index contributed by atoms with van der Waals surface area (Å²) in [6.07, 6.45) is 1.78. The molecule has 182 valence electrons. The minimum atomic E-state index is 0.809. The van der Waals surface area contributed by atoms with Gasteiger partial charge in [0.1, 0.15) is 5.01 Å². The van der Waals surface area contributed by atoms with Gasteiger partial charge in [-0.2, -0.15) is 0 Å². The van der Waals surface area contributed by atoms with Gasteiger partial charge in [0.05, 0.1) is 34.2 Å². The molecule has 0 saturated carbocycles. The first-order chi connectivity index (χ1) is 19.3. The van der Waals surface area contributed by atoms with E-state index >= 15 is 0 Å². The van der Waals surface area contributed by atoms with Crippen LogP contribution in [0, 0.1) is 0 Å². The molecule has 4 heterocycles. The Hall–Kier alpha value is -5.00. The summed E-state index contributed by atoms with van der Waals surface area (Å²) in [4.78, 5) is 19.3. The lowest BCUT2D eigenvalue weighted by atomic mass is 9.91. The van der Waals surface area contributed by atoms with Gasteiger partial charge in [-0.3, -0.25) is 4.98 Å². The van der Waals surface area contributed by atoms with Crippen LogP contribution in [0.2, 0.25) is 0 Å². The highest BCUT2D eigenvalue weighted by Gasteiger charge is 2.15. The predicted molar refractivity (Wildman–Crippen MR) is 161 cm³/mol. The Morgan fingerprint density at radius 2 is 1.05 bits per heavy atom. The molecule has 4 nitrogen and oxygen atoms in total. The number of thiazole rings is 1. The standard InChI is InChI=1S/C34H20N4S/c1-2-19-35-26(8-1)27-9-4-10-28(36-27)29-11-5-12-30(37-29)34-38-31(20-39-34)24-17-15-23-14-13-21-6-3-7-22-16-18-25(24)33(23)32(21)22/h1-20H. The predicted octanol–water partition coefficient (Wildman–Crippen LogP) is 8.89. The Morgan fingerprint density at radius 1 is 0.436 bits per heavy atom. The second-order valence-electron chi connectivity index (χ2n) is 9.54. The van der Waals surface area contributed by atoms with Crippen molar-refractivity contribution in [2.24, 2.45) is 0 Å². The molecule has 0 bridgehead atoms. The van der Waals surface area contributed by atoms with Gasteiger partial charge in [0.15, 0.2) is 0 Å². The van der Waals surface area contributed by atoms with Crippen LogP contribution in [0.5, 0.6) is 0 Å². The molecule has 8 aromatic rings. The Kier molecular flexibility index (Phi) is 4.96. The van der Waals surface area contributed by atoms with Crippen LogP contribution in [0.3, 0.4) is 0 Å². The average molecular weight is 517 g/mol. The highest BCUT2D eigenvalue weighted by atomic mass is 32.1. The summed E-state index contributed by atoms with van der Waals surface area (Å²) in [7, 11) is 0. The fourth-order valence-corrected chi connectivity index (χ4v) is 6.19. The largest absolute Gasteiger partial charge is 0.255 e. The molecule has 39 heavy (non-hydrogen) atoms. The summed E-state index contributed by atoms with van der Waals surface area (Å²) < 4.78 is 0. The van der Waals surface area contributed by atoms with Crippen molar-refractivity contribution in [1.29, 1.82) is 0 Å². The summed E-state index contributed by atoms with van der Waals surface area (Å²) in [5.41, 5.74) is 6.23. The molecule has 0 N–H and O–H groups in total. The first-order valence-electron chi connectivity index (χ1n) is 12.8. The minimum absolute atomic E-state index is 0.809. The third-order valence-electron chi connectivity index (χ3n) is 7.22. The van der Waals surface area contributed by atoms with Crippen molar-refractivity contribution in [3.63, 3.8) is 0 Å². The summed E-state index contributed by atoms with van der Waals surface area (Å²) >= 11 is 1.62. The topological polar surface area (TPSA) is 51.6 Å². The molecule has 0 unspecified atom stereocenters. The molecular weight excluding hydrogens is 496 g/mol. The molecule has 0 spiro atoms. The van der Waals surface area contributed by atoms with E-state index in [0.29, 0.717) is 0 Å². The van der Waals surface area contributed by atoms with E-state index in [1.807, 2.05) is 54.6 Å². The van der Waals surface area contributed by atoms with Gasteiger partial charge in [-0.05, 0) is 68.7 Å². The normalized spacial score (nSPS) is 11.6. The first kappa shape index (κ1) is 22.0. The smallest absolute Gasteiger partial charge is 0.142 e. The average Bonchev–Trinajstić information content (AvgIpc) is 3.51. The zero-order valence-electron chi connectivity index (χ0n) is 20.7. The maximum Gasteiger partial charge on any atom is 0.142 e. The second kappa shape index (κ2) is 8.79. The third kappa shape index (κ3) is 3.67. The van der Waals surface area contributed by atoms with Crippen molar-refractivity contribution in [3.8, 4) is 44.7 Å². The number of hydrogen-bond acceptors (Lipinski definition) is 5. The first-order valence-corrected chi connectivity index (χ1v) is 13.7. The van der Waals surface area contributed by atoms with Crippen LogP contribution in [0.25, 0.3) is 77.1 Å². The lowest BCUT2D eigenvalue weighted by molar-refractivity contribution is 1.22. The number of rotatable bonds is 4. The summed E-state index contributed by atoms with van der Waals surface area (Å²) in [5.74, 6) is 0. The Morgan fingerprint density at radius 3 is 1.82 bits per heavy atom. The Balaban J connectivity index is 1.20. The van der Waals surface area contributed by atoms with E-state index in [-0.39, 0.29) is 0 Å². The zero-order valence-corrected chi connectivity index (χ0v) is 21.6. The van der Waals surface area contributed by atoms with Gasteiger partial charge >= 0.3 is 0 Å². The quantitative estimate of drug-likeness (QED) is 0.219. The van der Waals surface area contributed by atoms with Crippen molar-refractivity contribution < 1.29 is 0 Å². The van der Waals surface area contributed by atoms with Crippen molar-refractivity contribution in [2.75, 3.05) is 0 Å². The van der Waals surface area contributed by atoms with E-state index in [4.69, 9.17) is 15.0 Å². The highest BCUT2D eigenvalue weighted by molar-refractivity contribution is 7.13. The van der Waals surface area contributed by atoms with E-state index in [2.05, 4.69) is 65.0 Å². The maximum atomic E-state index is 5.06. The fraction of sp³-hybridized carbons (Fsp3) is 0. The molecule has 0 aliphatic carbocycles. The molecule has 0 amide bonds. The van der Waals surface area contributed by atoms with Gasteiger partial charge < -0.3 is 0 Å². The van der Waals surface area contributed by atoms with Crippen LogP contribution < -0.4 is 0 Å². The number of benzene rings is 4. The van der Waals surface area contributed by atoms with Crippen LogP contribution in [-0.4, -0.2) is 19.9 Å². The van der Waals surface area contributed by atoms with Crippen molar-refractivity contribution in [2.45, 2.75) is 0 Å². The van der Waals surface area contributed by atoms with E-state index in [9.17, 15) is 0 Å². The van der Waals surface area contributed by atoms with E-state index in [1.54, 1.807) is 17.5 Å². The van der Waals surface area contributed by atoms with Gasteiger partial charge in [-0.1, -0.05) is 72.8 Å². The lowest BCUT2D eigenvalue weighted by Gasteiger charge is -2.13. The highest BCUT2D eigenvalue weighted by Crippen LogP contribution is 2.40. The second-order valence-corrected chi connectivity index (χ2v) is 10.4. The third-order valence-corrected chi connectivity index (χ3v) is 8.08. The van der Waals surface area contributed by atoms with Gasteiger partial charge in [-0.25, -0.2) is 15.0 Å². The molecule has 8 rings (SSSR count). The van der Waals surface area contributed by atoms with E-state index < -0.39 is 0 Å². The van der Waals surface area contributed by atoms with E-state index in [1.165, 1.54) is 32.3 Å². The van der Waals surface area contributed by atoms with Crippen molar-refractivity contribution in [1.82, 2.24) is 19.9 Å². The van der Waals surface area contributed by atoms with Crippen LogP contribution in [0.1, 0.15) is 0 Å². The van der Waals surface area contributed by atoms with Crippen LogP contribution >= 0.6 is 11.3 Å². The molecule has 5 heteroatoms. The molecule has 0 fully saturated rings. The van der Waals surface area contributed by atoms with Crippen LogP contribution in [0.4, 0.5) is 0 Å². The summed E-state index contributed by atoms with van der Waals surface area (Å²) in [6, 6.07) is 37.6. The van der Waals surface area contributed by atoms with Crippen molar-refractivity contribution in [3.05, 3.63) is 121 Å². The monoisotopic (exact) mass is 516 g/mol. The fourth-order valence-electron chi connectivity index (χ4n) is 5.40. The molecular formula is C34H20N4S. The molecule has 4 aromatic heterocycles. The molecule has 0 radical (unpaired) electrons.